The smallest absolute Gasteiger partial charge is 0.415 e. The lowest BCUT2D eigenvalue weighted by molar-refractivity contribution is 0.105. The van der Waals surface area contributed by atoms with Gasteiger partial charge in [0.15, 0.2) is 0 Å². The number of nitrogens with one attached hydrogen (secondary N) is 1. The molecule has 1 aromatic carbocycles. The number of methoxy groups -OCH3 is 1. The van der Waals surface area contributed by atoms with E-state index in [1.54, 1.807) is 0 Å². The number of rotatable bonds is 3. The van der Waals surface area contributed by atoms with Gasteiger partial charge in [0.25, 0.3) is 0 Å². The number of carbonyl (C=O) groups excluding carboxylic acids is 2. The molecule has 0 saturated heterocycles. The molecule has 0 bridgehead atoms. The normalized spacial score (nSPS) is 11.4. The Balaban J connectivity index is 2.69. The summed E-state index contributed by atoms with van der Waals surface area (Å²) in [6.45, 7) is 1.47. The van der Waals surface area contributed by atoms with E-state index in [0.29, 0.717) is 10.8 Å². The largest absolute Gasteiger partial charge is 0.497 e. The average Bonchev–Trinajstić information content (AvgIpc) is 2.37. The Morgan fingerprint density at radius 1 is 1.45 bits per heavy atom. The molecule has 110 valence electrons. The summed E-state index contributed by atoms with van der Waals surface area (Å²) >= 11 is 0. The lowest BCUT2D eigenvalue weighted by atomic mass is 10.1. The second-order valence-corrected chi connectivity index (χ2v) is 3.98. The number of hydrazine groups is 1. The molecule has 0 heterocycles. The van der Waals surface area contributed by atoms with Crippen LogP contribution in [0.1, 0.15) is 18.6 Å². The Bertz CT molecular complexity index is 507. The second kappa shape index (κ2) is 6.71. The molecular weight excluding hydrogens is 269 g/mol. The Morgan fingerprint density at radius 3 is 2.60 bits per heavy atom. The number of halogens is 1. The van der Waals surface area contributed by atoms with E-state index in [1.165, 1.54) is 39.3 Å². The minimum atomic E-state index is -1.02. The first-order valence-electron chi connectivity index (χ1n) is 5.68. The topological polar surface area (TPSA) is 93.9 Å². The number of nitrogens with two attached hydrogens (primary N) is 1. The average molecular weight is 285 g/mol. The summed E-state index contributed by atoms with van der Waals surface area (Å²) in [6.07, 6.45) is -1.90. The van der Waals surface area contributed by atoms with Crippen LogP contribution >= 0.6 is 0 Å². The molecule has 1 atom stereocenters. The summed E-state index contributed by atoms with van der Waals surface area (Å²) in [5.41, 5.74) is 0.162. The van der Waals surface area contributed by atoms with Crippen molar-refractivity contribution >= 4 is 12.1 Å². The van der Waals surface area contributed by atoms with Gasteiger partial charge in [0.2, 0.25) is 0 Å². The van der Waals surface area contributed by atoms with E-state index >= 15 is 0 Å². The van der Waals surface area contributed by atoms with E-state index in [2.05, 4.69) is 0 Å². The maximum atomic E-state index is 13.7. The predicted octanol–water partition coefficient (Wildman–Crippen LogP) is 1.55. The van der Waals surface area contributed by atoms with E-state index in [9.17, 15) is 14.0 Å². The van der Waals surface area contributed by atoms with Crippen LogP contribution in [0.4, 0.5) is 14.0 Å². The highest BCUT2D eigenvalue weighted by Crippen LogP contribution is 2.24. The van der Waals surface area contributed by atoms with E-state index in [0.717, 1.165) is 0 Å². The van der Waals surface area contributed by atoms with Gasteiger partial charge in [-0.1, -0.05) is 0 Å². The third kappa shape index (κ3) is 4.09. The molecule has 8 heteroatoms. The third-order valence-corrected chi connectivity index (χ3v) is 2.46. The Labute approximate surface area is 115 Å². The van der Waals surface area contributed by atoms with E-state index in [1.807, 2.05) is 5.32 Å². The van der Waals surface area contributed by atoms with Gasteiger partial charge in [-0.25, -0.2) is 25.1 Å². The fraction of sp³-hybridized carbons (Fsp3) is 0.333. The van der Waals surface area contributed by atoms with Crippen LogP contribution in [-0.2, 0) is 4.74 Å². The summed E-state index contributed by atoms with van der Waals surface area (Å²) in [6, 6.07) is 3.31. The first-order valence-corrected chi connectivity index (χ1v) is 5.68. The number of imide groups is 1. The van der Waals surface area contributed by atoms with Gasteiger partial charge in [0.1, 0.15) is 17.7 Å². The number of nitrogens with zero attached hydrogens (tertiary/aromatic N) is 1. The van der Waals surface area contributed by atoms with E-state index in [-0.39, 0.29) is 5.56 Å². The van der Waals surface area contributed by atoms with E-state index < -0.39 is 24.0 Å². The van der Waals surface area contributed by atoms with Crippen molar-refractivity contribution in [2.45, 2.75) is 13.0 Å². The summed E-state index contributed by atoms with van der Waals surface area (Å²) < 4.78 is 23.5. The number of urea groups is 1. The zero-order valence-electron chi connectivity index (χ0n) is 11.3. The quantitative estimate of drug-likeness (QED) is 0.499. The molecule has 1 aromatic rings. The molecule has 0 aliphatic heterocycles. The molecule has 20 heavy (non-hydrogen) atoms. The molecule has 3 N–H and O–H groups in total. The number of alkyl carbamates (subject to hydrolysis) is 1. The summed E-state index contributed by atoms with van der Waals surface area (Å²) in [5.74, 6) is 4.89. The zero-order chi connectivity index (χ0) is 15.3. The van der Waals surface area contributed by atoms with Crippen LogP contribution < -0.4 is 15.9 Å². The maximum absolute atomic E-state index is 13.7. The highest BCUT2D eigenvalue weighted by Gasteiger charge is 2.18. The minimum absolute atomic E-state index is 0.162. The van der Waals surface area contributed by atoms with Gasteiger partial charge in [0, 0.05) is 18.7 Å². The lowest BCUT2D eigenvalue weighted by Crippen LogP contribution is -2.44. The highest BCUT2D eigenvalue weighted by molar-refractivity contribution is 5.90. The Kier molecular flexibility index (Phi) is 5.27. The monoisotopic (exact) mass is 285 g/mol. The fourth-order valence-electron chi connectivity index (χ4n) is 1.39. The molecule has 0 aromatic heterocycles. The van der Waals surface area contributed by atoms with Crippen molar-refractivity contribution in [3.8, 4) is 5.75 Å². The summed E-state index contributed by atoms with van der Waals surface area (Å²) in [5, 5.41) is 2.56. The van der Waals surface area contributed by atoms with Crippen molar-refractivity contribution in [3.05, 3.63) is 29.6 Å². The van der Waals surface area contributed by atoms with Crippen molar-refractivity contribution in [3.63, 3.8) is 0 Å². The fourth-order valence-corrected chi connectivity index (χ4v) is 1.39. The summed E-state index contributed by atoms with van der Waals surface area (Å²) in [4.78, 5) is 22.5. The molecule has 1 rings (SSSR count). The molecule has 0 aliphatic carbocycles. The van der Waals surface area contributed by atoms with Gasteiger partial charge < -0.3 is 9.47 Å². The van der Waals surface area contributed by atoms with Crippen molar-refractivity contribution in [1.29, 1.82) is 0 Å². The standard InChI is InChI=1S/C12H16FN3O4/c1-7(20-12(18)15-11(17)16(2)14)9-5-4-8(19-3)6-10(9)13/h4-7H,14H2,1-3H3,(H,15,17,18). The lowest BCUT2D eigenvalue weighted by Gasteiger charge is -2.16. The Hall–Kier alpha value is -2.35. The second-order valence-electron chi connectivity index (χ2n) is 3.98. The molecule has 7 nitrogen and oxygen atoms in total. The molecule has 0 fully saturated rings. The molecular formula is C12H16FN3O4. The molecule has 1 unspecified atom stereocenters. The van der Waals surface area contributed by atoms with Gasteiger partial charge in [-0.15, -0.1) is 0 Å². The number of hydrogen-bond acceptors (Lipinski definition) is 5. The first-order chi connectivity index (χ1) is 9.35. The molecule has 3 amide bonds. The van der Waals surface area contributed by atoms with Crippen LogP contribution in [0.15, 0.2) is 18.2 Å². The van der Waals surface area contributed by atoms with E-state index in [4.69, 9.17) is 15.3 Å². The molecule has 0 radical (unpaired) electrons. The first kappa shape index (κ1) is 15.7. The predicted molar refractivity (Wildman–Crippen MR) is 68.3 cm³/mol. The Morgan fingerprint density at radius 2 is 2.10 bits per heavy atom. The molecule has 0 saturated carbocycles. The molecule has 0 spiro atoms. The number of carbonyl (C=O) groups is 2. The van der Waals surface area contributed by atoms with Crippen molar-refractivity contribution < 1.29 is 23.5 Å². The van der Waals surface area contributed by atoms with Gasteiger partial charge in [-0.3, -0.25) is 5.01 Å². The number of benzene rings is 1. The van der Waals surface area contributed by atoms with Crippen molar-refractivity contribution in [2.24, 2.45) is 5.84 Å². The number of amides is 3. The zero-order valence-corrected chi connectivity index (χ0v) is 11.3. The van der Waals surface area contributed by atoms with Crippen LogP contribution in [0.2, 0.25) is 0 Å². The SMILES string of the molecule is COc1ccc(C(C)OC(=O)NC(=O)N(C)N)c(F)c1. The van der Waals surface area contributed by atoms with Gasteiger partial charge in [-0.05, 0) is 19.1 Å². The van der Waals surface area contributed by atoms with Crippen molar-refractivity contribution in [2.75, 3.05) is 14.2 Å². The minimum Gasteiger partial charge on any atom is -0.497 e. The van der Waals surface area contributed by atoms with Crippen LogP contribution in [0.25, 0.3) is 0 Å². The van der Waals surface area contributed by atoms with Crippen LogP contribution in [0.3, 0.4) is 0 Å². The van der Waals surface area contributed by atoms with Crippen LogP contribution in [0, 0.1) is 5.82 Å². The summed E-state index contributed by atoms with van der Waals surface area (Å²) in [7, 11) is 2.67. The molecule has 0 aliphatic rings. The number of ether oxygens (including phenoxy) is 2. The maximum Gasteiger partial charge on any atom is 0.415 e. The highest BCUT2D eigenvalue weighted by atomic mass is 19.1. The van der Waals surface area contributed by atoms with Gasteiger partial charge >= 0.3 is 12.1 Å². The van der Waals surface area contributed by atoms with Gasteiger partial charge in [-0.2, -0.15) is 0 Å². The number of hydrogen-bond donors (Lipinski definition) is 2. The van der Waals surface area contributed by atoms with Gasteiger partial charge in [0.05, 0.1) is 7.11 Å². The van der Waals surface area contributed by atoms with Crippen LogP contribution in [0.5, 0.6) is 5.75 Å². The van der Waals surface area contributed by atoms with Crippen LogP contribution in [-0.4, -0.2) is 31.3 Å². The third-order valence-electron chi connectivity index (χ3n) is 2.46. The van der Waals surface area contributed by atoms with Crippen molar-refractivity contribution in [1.82, 2.24) is 10.3 Å².